The van der Waals surface area contributed by atoms with E-state index in [0.29, 0.717) is 5.41 Å². The van der Waals surface area contributed by atoms with Crippen molar-refractivity contribution in [3.63, 3.8) is 0 Å². The molecule has 2 fully saturated rings. The van der Waals surface area contributed by atoms with Crippen molar-refractivity contribution in [2.24, 2.45) is 5.41 Å². The van der Waals surface area contributed by atoms with Crippen molar-refractivity contribution in [3.8, 4) is 0 Å². The van der Waals surface area contributed by atoms with Crippen LogP contribution in [0.25, 0.3) is 0 Å². The van der Waals surface area contributed by atoms with E-state index in [9.17, 15) is 0 Å². The summed E-state index contributed by atoms with van der Waals surface area (Å²) in [5.74, 6) is 1.04. The fraction of sp³-hybridized carbons (Fsp3) is 0.500. The first-order valence-electron chi connectivity index (χ1n) is 9.10. The summed E-state index contributed by atoms with van der Waals surface area (Å²) in [4.78, 5) is 13.8. The smallest absolute Gasteiger partial charge is 0.147 e. The quantitative estimate of drug-likeness (QED) is 0.866. The fourth-order valence-corrected chi connectivity index (χ4v) is 4.35. The van der Waals surface area contributed by atoms with E-state index in [1.54, 1.807) is 12.4 Å². The molecule has 2 aliphatic rings. The topological polar surface area (TPSA) is 32.3 Å². The van der Waals surface area contributed by atoms with Crippen molar-refractivity contribution in [2.45, 2.75) is 25.7 Å². The average Bonchev–Trinajstić information content (AvgIpc) is 3.05. The molecule has 4 heteroatoms. The zero-order chi connectivity index (χ0) is 16.2. The largest absolute Gasteiger partial charge is 0.355 e. The lowest BCUT2D eigenvalue weighted by molar-refractivity contribution is 0.106. The fourth-order valence-electron chi connectivity index (χ4n) is 4.35. The van der Waals surface area contributed by atoms with Crippen molar-refractivity contribution < 1.29 is 0 Å². The second-order valence-electron chi connectivity index (χ2n) is 7.35. The average molecular weight is 322 g/mol. The van der Waals surface area contributed by atoms with E-state index in [1.807, 2.05) is 6.20 Å². The summed E-state index contributed by atoms with van der Waals surface area (Å²) in [7, 11) is 0. The maximum absolute atomic E-state index is 4.48. The van der Waals surface area contributed by atoms with Gasteiger partial charge in [-0.05, 0) is 37.8 Å². The summed E-state index contributed by atoms with van der Waals surface area (Å²) in [6.07, 6.45) is 10.6. The summed E-state index contributed by atoms with van der Waals surface area (Å²) < 4.78 is 0. The van der Waals surface area contributed by atoms with E-state index in [4.69, 9.17) is 0 Å². The molecule has 2 aromatic rings. The van der Waals surface area contributed by atoms with Gasteiger partial charge in [-0.15, -0.1) is 0 Å². The Hall–Kier alpha value is -1.94. The lowest BCUT2D eigenvalue weighted by Crippen LogP contribution is -2.45. The van der Waals surface area contributed by atoms with Gasteiger partial charge in [0.1, 0.15) is 5.82 Å². The maximum atomic E-state index is 4.48. The zero-order valence-corrected chi connectivity index (χ0v) is 14.3. The predicted octanol–water partition coefficient (Wildman–Crippen LogP) is 3.01. The molecule has 1 aromatic heterocycles. The van der Waals surface area contributed by atoms with Crippen molar-refractivity contribution in [2.75, 3.05) is 37.6 Å². The molecule has 0 aliphatic carbocycles. The highest BCUT2D eigenvalue weighted by Gasteiger charge is 2.41. The molecule has 1 aromatic carbocycles. The highest BCUT2D eigenvalue weighted by Crippen LogP contribution is 2.40. The van der Waals surface area contributed by atoms with Crippen LogP contribution in [0.15, 0.2) is 48.9 Å². The molecular formula is C20H26N4. The molecule has 1 spiro atoms. The minimum atomic E-state index is 0.451. The Bertz CT molecular complexity index is 645. The summed E-state index contributed by atoms with van der Waals surface area (Å²) >= 11 is 0. The van der Waals surface area contributed by atoms with Gasteiger partial charge in [0, 0.05) is 44.0 Å². The number of benzene rings is 1. The summed E-state index contributed by atoms with van der Waals surface area (Å²) in [5, 5.41) is 0. The van der Waals surface area contributed by atoms with Crippen molar-refractivity contribution >= 4 is 5.82 Å². The summed E-state index contributed by atoms with van der Waals surface area (Å²) in [6, 6.07) is 10.9. The van der Waals surface area contributed by atoms with E-state index in [2.05, 4.69) is 50.1 Å². The SMILES string of the molecule is c1ccc(CCN2CCC[C@@]3(CCN(c4cnccn4)C3)C2)cc1. The number of piperidine rings is 1. The van der Waals surface area contributed by atoms with Crippen LogP contribution in [0.3, 0.4) is 0 Å². The third-order valence-corrected chi connectivity index (χ3v) is 5.61. The Morgan fingerprint density at radius 1 is 1.00 bits per heavy atom. The number of nitrogens with zero attached hydrogens (tertiary/aromatic N) is 4. The first-order valence-corrected chi connectivity index (χ1v) is 9.10. The lowest BCUT2D eigenvalue weighted by atomic mass is 9.79. The Morgan fingerprint density at radius 2 is 1.92 bits per heavy atom. The van der Waals surface area contributed by atoms with Crippen LogP contribution >= 0.6 is 0 Å². The van der Waals surface area contributed by atoms with Crippen LogP contribution in [-0.4, -0.2) is 47.6 Å². The summed E-state index contributed by atoms with van der Waals surface area (Å²) in [6.45, 7) is 5.91. The molecular weight excluding hydrogens is 296 g/mol. The normalized spacial score (nSPS) is 24.6. The molecule has 2 saturated heterocycles. The molecule has 0 amide bonds. The molecule has 0 bridgehead atoms. The minimum absolute atomic E-state index is 0.451. The van der Waals surface area contributed by atoms with Crippen LogP contribution in [0, 0.1) is 5.41 Å². The molecule has 24 heavy (non-hydrogen) atoms. The highest BCUT2D eigenvalue weighted by atomic mass is 15.2. The third-order valence-electron chi connectivity index (χ3n) is 5.61. The molecule has 0 saturated carbocycles. The standard InChI is InChI=1S/C20H26N4/c1-2-5-18(6-3-1)7-13-23-12-4-8-20(16-23)9-14-24(17-20)19-15-21-10-11-22-19/h1-3,5-6,10-11,15H,4,7-9,12-14,16-17H2/t20-/m1/s1. The first-order chi connectivity index (χ1) is 11.8. The number of aromatic nitrogens is 2. The van der Waals surface area contributed by atoms with Gasteiger partial charge in [-0.2, -0.15) is 0 Å². The van der Waals surface area contributed by atoms with E-state index in [0.717, 1.165) is 25.3 Å². The van der Waals surface area contributed by atoms with Gasteiger partial charge in [0.05, 0.1) is 6.20 Å². The van der Waals surface area contributed by atoms with Crippen LogP contribution in [-0.2, 0) is 6.42 Å². The molecule has 126 valence electrons. The Balaban J connectivity index is 1.36. The number of hydrogen-bond acceptors (Lipinski definition) is 4. The van der Waals surface area contributed by atoms with Gasteiger partial charge < -0.3 is 9.80 Å². The maximum Gasteiger partial charge on any atom is 0.147 e. The van der Waals surface area contributed by atoms with Gasteiger partial charge >= 0.3 is 0 Å². The van der Waals surface area contributed by atoms with Gasteiger partial charge in [-0.1, -0.05) is 30.3 Å². The first kappa shape index (κ1) is 15.6. The molecule has 2 aliphatic heterocycles. The molecule has 4 nitrogen and oxygen atoms in total. The molecule has 3 heterocycles. The van der Waals surface area contributed by atoms with Crippen molar-refractivity contribution in [1.82, 2.24) is 14.9 Å². The van der Waals surface area contributed by atoms with Gasteiger partial charge in [-0.25, -0.2) is 4.98 Å². The molecule has 1 atom stereocenters. The Kier molecular flexibility index (Phi) is 4.48. The second kappa shape index (κ2) is 6.89. The molecule has 0 unspecified atom stereocenters. The highest BCUT2D eigenvalue weighted by molar-refractivity contribution is 5.37. The van der Waals surface area contributed by atoms with Crippen molar-refractivity contribution in [1.29, 1.82) is 0 Å². The molecule has 4 rings (SSSR count). The monoisotopic (exact) mass is 322 g/mol. The van der Waals surface area contributed by atoms with E-state index < -0.39 is 0 Å². The lowest BCUT2D eigenvalue weighted by Gasteiger charge is -2.40. The molecule has 0 radical (unpaired) electrons. The summed E-state index contributed by atoms with van der Waals surface area (Å²) in [5.41, 5.74) is 1.90. The number of anilines is 1. The van der Waals surface area contributed by atoms with E-state index in [-0.39, 0.29) is 0 Å². The van der Waals surface area contributed by atoms with Crippen LogP contribution in [0.5, 0.6) is 0 Å². The number of likely N-dealkylation sites (tertiary alicyclic amines) is 1. The van der Waals surface area contributed by atoms with Crippen LogP contribution in [0.4, 0.5) is 5.82 Å². The van der Waals surface area contributed by atoms with Crippen LogP contribution in [0.1, 0.15) is 24.8 Å². The van der Waals surface area contributed by atoms with Gasteiger partial charge in [0.15, 0.2) is 0 Å². The Labute approximate surface area is 144 Å². The molecule has 0 N–H and O–H groups in total. The third kappa shape index (κ3) is 3.44. The minimum Gasteiger partial charge on any atom is -0.355 e. The van der Waals surface area contributed by atoms with Gasteiger partial charge in [0.2, 0.25) is 0 Å². The van der Waals surface area contributed by atoms with Crippen molar-refractivity contribution in [3.05, 3.63) is 54.5 Å². The van der Waals surface area contributed by atoms with Crippen LogP contribution < -0.4 is 4.90 Å². The van der Waals surface area contributed by atoms with E-state index >= 15 is 0 Å². The van der Waals surface area contributed by atoms with E-state index in [1.165, 1.54) is 44.5 Å². The Morgan fingerprint density at radius 3 is 2.75 bits per heavy atom. The van der Waals surface area contributed by atoms with Gasteiger partial charge in [0.25, 0.3) is 0 Å². The number of hydrogen-bond donors (Lipinski definition) is 0. The van der Waals surface area contributed by atoms with Gasteiger partial charge in [-0.3, -0.25) is 4.98 Å². The number of rotatable bonds is 4. The van der Waals surface area contributed by atoms with Crippen LogP contribution in [0.2, 0.25) is 0 Å². The zero-order valence-electron chi connectivity index (χ0n) is 14.3. The second-order valence-corrected chi connectivity index (χ2v) is 7.35. The predicted molar refractivity (Wildman–Crippen MR) is 97.1 cm³/mol.